The average molecular weight is 346 g/mol. The number of nitrogens with zero attached hydrogens (tertiary/aromatic N) is 1. The van der Waals surface area contributed by atoms with Gasteiger partial charge in [-0.25, -0.2) is 0 Å². The molecule has 1 aliphatic rings. The predicted octanol–water partition coefficient (Wildman–Crippen LogP) is 4.89. The minimum absolute atomic E-state index is 0.352. The van der Waals surface area contributed by atoms with Gasteiger partial charge in [0.05, 0.1) is 0 Å². The number of aromatic nitrogens is 1. The van der Waals surface area contributed by atoms with Crippen LogP contribution in [0, 0.1) is 0 Å². The first-order valence-electron chi connectivity index (χ1n) is 9.52. The molecule has 1 aromatic heterocycles. The van der Waals surface area contributed by atoms with Crippen LogP contribution < -0.4 is 5.73 Å². The van der Waals surface area contributed by atoms with Gasteiger partial charge in [-0.1, -0.05) is 37.1 Å². The summed E-state index contributed by atoms with van der Waals surface area (Å²) in [5.74, 6) is 0.996. The molecule has 4 rings (SSSR count). The smallest absolute Gasteiger partial charge is 0.119 e. The third-order valence-corrected chi connectivity index (χ3v) is 5.62. The molecule has 0 saturated heterocycles. The average Bonchev–Trinajstić information content (AvgIpc) is 3.35. The molecule has 3 heteroatoms. The van der Waals surface area contributed by atoms with Crippen molar-refractivity contribution < 1.29 is 5.11 Å². The maximum absolute atomic E-state index is 10.1. The monoisotopic (exact) mass is 346 g/mol. The summed E-state index contributed by atoms with van der Waals surface area (Å²) in [7, 11) is 0. The van der Waals surface area contributed by atoms with E-state index in [-0.39, 0.29) is 0 Å². The molecule has 0 aliphatic heterocycles. The van der Waals surface area contributed by atoms with E-state index in [0.29, 0.717) is 24.6 Å². The first-order chi connectivity index (χ1) is 12.8. The Morgan fingerprint density at radius 2 is 1.77 bits per heavy atom. The molecule has 0 atom stereocenters. The molecule has 0 radical (unpaired) electrons. The fraction of sp³-hybridized carbons (Fsp3) is 0.304. The van der Waals surface area contributed by atoms with Crippen molar-refractivity contribution in [3.8, 4) is 11.4 Å². The summed E-state index contributed by atoms with van der Waals surface area (Å²) in [5, 5.41) is 10.1. The summed E-state index contributed by atoms with van der Waals surface area (Å²) in [5.41, 5.74) is 12.0. The second-order valence-electron chi connectivity index (χ2n) is 7.24. The Bertz CT molecular complexity index is 891. The molecule has 1 saturated carbocycles. The largest absolute Gasteiger partial charge is 0.508 e. The van der Waals surface area contributed by atoms with Crippen molar-refractivity contribution in [2.45, 2.75) is 44.6 Å². The van der Waals surface area contributed by atoms with E-state index in [0.717, 1.165) is 5.56 Å². The standard InChI is InChI=1S/C23H26N2O/c24-16-19-11-12-21(15-22(19)17-6-1-2-7-17)25-13-5-9-20(25)14-18-8-3-4-10-23(18)26/h3-5,8-13,15,17,26H,1-2,6-7,14,16,24H2. The zero-order valence-corrected chi connectivity index (χ0v) is 15.1. The molecule has 134 valence electrons. The summed E-state index contributed by atoms with van der Waals surface area (Å²) >= 11 is 0. The van der Waals surface area contributed by atoms with Gasteiger partial charge in [0, 0.05) is 30.5 Å². The molecule has 2 aromatic carbocycles. The van der Waals surface area contributed by atoms with Crippen LogP contribution >= 0.6 is 0 Å². The highest BCUT2D eigenvalue weighted by Gasteiger charge is 2.20. The third-order valence-electron chi connectivity index (χ3n) is 5.62. The van der Waals surface area contributed by atoms with Gasteiger partial charge in [-0.3, -0.25) is 0 Å². The molecule has 3 aromatic rings. The van der Waals surface area contributed by atoms with Crippen LogP contribution in [0.3, 0.4) is 0 Å². The number of aromatic hydroxyl groups is 1. The number of phenols is 1. The van der Waals surface area contributed by atoms with E-state index >= 15 is 0 Å². The topological polar surface area (TPSA) is 51.2 Å². The summed E-state index contributed by atoms with van der Waals surface area (Å²) in [6, 6.07) is 18.4. The Labute approximate surface area is 155 Å². The van der Waals surface area contributed by atoms with Crippen molar-refractivity contribution in [3.05, 3.63) is 83.2 Å². The van der Waals surface area contributed by atoms with Gasteiger partial charge in [0.15, 0.2) is 0 Å². The van der Waals surface area contributed by atoms with Crippen LogP contribution in [0.4, 0.5) is 0 Å². The Kier molecular flexibility index (Phi) is 4.81. The highest BCUT2D eigenvalue weighted by molar-refractivity contribution is 5.45. The molecular weight excluding hydrogens is 320 g/mol. The number of rotatable bonds is 5. The second kappa shape index (κ2) is 7.38. The summed E-state index contributed by atoms with van der Waals surface area (Å²) in [6.07, 6.45) is 7.99. The van der Waals surface area contributed by atoms with Crippen molar-refractivity contribution >= 4 is 0 Å². The van der Waals surface area contributed by atoms with E-state index in [9.17, 15) is 5.11 Å². The number of para-hydroxylation sites is 1. The van der Waals surface area contributed by atoms with Crippen molar-refractivity contribution in [2.24, 2.45) is 5.73 Å². The number of nitrogens with two attached hydrogens (primary N) is 1. The molecule has 0 unspecified atom stereocenters. The van der Waals surface area contributed by atoms with Gasteiger partial charge in [0.25, 0.3) is 0 Å². The van der Waals surface area contributed by atoms with Crippen LogP contribution in [0.25, 0.3) is 5.69 Å². The van der Waals surface area contributed by atoms with Crippen LogP contribution in [0.2, 0.25) is 0 Å². The van der Waals surface area contributed by atoms with Gasteiger partial charge in [0.1, 0.15) is 5.75 Å². The molecule has 0 amide bonds. The van der Waals surface area contributed by atoms with Crippen LogP contribution in [0.1, 0.15) is 54.0 Å². The summed E-state index contributed by atoms with van der Waals surface area (Å²) in [4.78, 5) is 0. The normalized spacial score (nSPS) is 14.8. The fourth-order valence-electron chi connectivity index (χ4n) is 4.20. The minimum atomic E-state index is 0.352. The number of phenolic OH excluding ortho intramolecular Hbond substituents is 1. The lowest BCUT2D eigenvalue weighted by molar-refractivity contribution is 0.469. The van der Waals surface area contributed by atoms with Gasteiger partial charge in [-0.05, 0) is 65.8 Å². The Morgan fingerprint density at radius 3 is 2.54 bits per heavy atom. The van der Waals surface area contributed by atoms with E-state index in [1.165, 1.54) is 48.2 Å². The molecule has 1 aliphatic carbocycles. The number of benzene rings is 2. The Balaban J connectivity index is 1.69. The molecule has 3 N–H and O–H groups in total. The molecule has 1 heterocycles. The fourth-order valence-corrected chi connectivity index (χ4v) is 4.20. The molecule has 0 bridgehead atoms. The summed E-state index contributed by atoms with van der Waals surface area (Å²) < 4.78 is 2.23. The second-order valence-corrected chi connectivity index (χ2v) is 7.24. The summed E-state index contributed by atoms with van der Waals surface area (Å²) in [6.45, 7) is 0.600. The van der Waals surface area contributed by atoms with E-state index in [2.05, 4.69) is 41.1 Å². The number of hydrogen-bond acceptors (Lipinski definition) is 2. The lowest BCUT2D eigenvalue weighted by Gasteiger charge is -2.18. The lowest BCUT2D eigenvalue weighted by atomic mass is 9.92. The molecular formula is C23H26N2O. The zero-order valence-electron chi connectivity index (χ0n) is 15.1. The first-order valence-corrected chi connectivity index (χ1v) is 9.52. The van der Waals surface area contributed by atoms with Crippen molar-refractivity contribution in [3.63, 3.8) is 0 Å². The van der Waals surface area contributed by atoms with Gasteiger partial charge < -0.3 is 15.4 Å². The van der Waals surface area contributed by atoms with Crippen molar-refractivity contribution in [2.75, 3.05) is 0 Å². The maximum Gasteiger partial charge on any atom is 0.119 e. The minimum Gasteiger partial charge on any atom is -0.508 e. The lowest BCUT2D eigenvalue weighted by Crippen LogP contribution is -2.07. The van der Waals surface area contributed by atoms with Crippen LogP contribution in [0.15, 0.2) is 60.8 Å². The SMILES string of the molecule is NCc1ccc(-n2cccc2Cc2ccccc2O)cc1C1CCCC1. The highest BCUT2D eigenvalue weighted by atomic mass is 16.3. The predicted molar refractivity (Wildman–Crippen MR) is 106 cm³/mol. The van der Waals surface area contributed by atoms with Crippen LogP contribution in [-0.2, 0) is 13.0 Å². The van der Waals surface area contributed by atoms with Crippen LogP contribution in [-0.4, -0.2) is 9.67 Å². The van der Waals surface area contributed by atoms with Gasteiger partial charge in [-0.2, -0.15) is 0 Å². The van der Waals surface area contributed by atoms with Crippen LogP contribution in [0.5, 0.6) is 5.75 Å². The highest BCUT2D eigenvalue weighted by Crippen LogP contribution is 2.37. The third kappa shape index (κ3) is 3.27. The van der Waals surface area contributed by atoms with E-state index in [1.807, 2.05) is 18.2 Å². The first kappa shape index (κ1) is 16.9. The van der Waals surface area contributed by atoms with E-state index in [4.69, 9.17) is 5.73 Å². The van der Waals surface area contributed by atoms with E-state index < -0.39 is 0 Å². The van der Waals surface area contributed by atoms with E-state index in [1.54, 1.807) is 6.07 Å². The molecule has 3 nitrogen and oxygen atoms in total. The maximum atomic E-state index is 10.1. The van der Waals surface area contributed by atoms with Gasteiger partial charge >= 0.3 is 0 Å². The van der Waals surface area contributed by atoms with Gasteiger partial charge in [-0.15, -0.1) is 0 Å². The Morgan fingerprint density at radius 1 is 0.962 bits per heavy atom. The Hall–Kier alpha value is -2.52. The molecule has 1 fully saturated rings. The van der Waals surface area contributed by atoms with Crippen molar-refractivity contribution in [1.29, 1.82) is 0 Å². The molecule has 26 heavy (non-hydrogen) atoms. The molecule has 0 spiro atoms. The number of hydrogen-bond donors (Lipinski definition) is 2. The quantitative estimate of drug-likeness (QED) is 0.691. The van der Waals surface area contributed by atoms with Gasteiger partial charge in [0.2, 0.25) is 0 Å². The zero-order chi connectivity index (χ0) is 17.9. The van der Waals surface area contributed by atoms with Crippen molar-refractivity contribution in [1.82, 2.24) is 4.57 Å².